The van der Waals surface area contributed by atoms with Gasteiger partial charge < -0.3 is 10.0 Å². The molecule has 0 aromatic carbocycles. The lowest BCUT2D eigenvalue weighted by molar-refractivity contribution is 0.0697. The topological polar surface area (TPSA) is 53.4 Å². The number of nitrogens with zero attached hydrogens (tertiary/aromatic N) is 2. The molecule has 0 amide bonds. The fraction of sp³-hybridized carbons (Fsp3) is 0.571. The molecular formula is C14H21ClN2O2. The van der Waals surface area contributed by atoms with Crippen molar-refractivity contribution in [3.63, 3.8) is 0 Å². The summed E-state index contributed by atoms with van der Waals surface area (Å²) in [5.41, 5.74) is 0.115. The van der Waals surface area contributed by atoms with Crippen LogP contribution in [-0.4, -0.2) is 29.1 Å². The number of rotatable bonds is 8. The highest BCUT2D eigenvalue weighted by Gasteiger charge is 2.14. The van der Waals surface area contributed by atoms with Crippen molar-refractivity contribution in [2.75, 3.05) is 18.0 Å². The summed E-state index contributed by atoms with van der Waals surface area (Å²) in [6.07, 6.45) is 5.75. The molecule has 0 atom stereocenters. The highest BCUT2D eigenvalue weighted by Crippen LogP contribution is 2.21. The van der Waals surface area contributed by atoms with Gasteiger partial charge in [0.05, 0.1) is 10.6 Å². The van der Waals surface area contributed by atoms with Crippen LogP contribution in [0, 0.1) is 0 Å². The summed E-state index contributed by atoms with van der Waals surface area (Å²) in [4.78, 5) is 17.5. The molecule has 1 rings (SSSR count). The number of aromatic nitrogens is 1. The number of hydrogen-bond acceptors (Lipinski definition) is 3. The molecule has 0 aliphatic heterocycles. The summed E-state index contributed by atoms with van der Waals surface area (Å²) in [5, 5.41) is 9.28. The van der Waals surface area contributed by atoms with E-state index in [4.69, 9.17) is 16.7 Å². The van der Waals surface area contributed by atoms with Crippen LogP contribution >= 0.6 is 11.6 Å². The number of carbonyl (C=O) groups is 1. The quantitative estimate of drug-likeness (QED) is 0.788. The van der Waals surface area contributed by atoms with Crippen molar-refractivity contribution in [2.45, 2.75) is 39.5 Å². The largest absolute Gasteiger partial charge is 0.478 e. The maximum atomic E-state index is 11.1. The third-order valence-corrected chi connectivity index (χ3v) is 3.26. The van der Waals surface area contributed by atoms with Gasteiger partial charge in [-0.1, -0.05) is 38.3 Å². The van der Waals surface area contributed by atoms with Crippen LogP contribution in [0.15, 0.2) is 12.3 Å². The van der Waals surface area contributed by atoms with E-state index in [2.05, 4.69) is 23.7 Å². The SMILES string of the molecule is CCCCN(CCCC)c1cc(C(=O)O)c(Cl)cn1. The summed E-state index contributed by atoms with van der Waals surface area (Å²) in [7, 11) is 0. The molecule has 19 heavy (non-hydrogen) atoms. The third kappa shape index (κ3) is 4.71. The van der Waals surface area contributed by atoms with E-state index in [0.717, 1.165) is 38.8 Å². The van der Waals surface area contributed by atoms with Crippen LogP contribution in [0.1, 0.15) is 49.9 Å². The number of carboxylic acid groups (broad SMARTS) is 1. The molecule has 0 fully saturated rings. The van der Waals surface area contributed by atoms with Crippen molar-refractivity contribution < 1.29 is 9.90 Å². The summed E-state index contributed by atoms with van der Waals surface area (Å²) >= 11 is 5.84. The highest BCUT2D eigenvalue weighted by atomic mass is 35.5. The molecular weight excluding hydrogens is 264 g/mol. The zero-order chi connectivity index (χ0) is 14.3. The van der Waals surface area contributed by atoms with Crippen LogP contribution in [0.2, 0.25) is 5.02 Å². The normalized spacial score (nSPS) is 10.5. The van der Waals surface area contributed by atoms with Gasteiger partial charge in [-0.2, -0.15) is 0 Å². The standard InChI is InChI=1S/C14H21ClN2O2/c1-3-5-7-17(8-6-4-2)13-9-11(14(18)19)12(15)10-16-13/h9-10H,3-8H2,1-2H3,(H,18,19). The minimum atomic E-state index is -1.01. The molecule has 0 spiro atoms. The average Bonchev–Trinajstić information content (AvgIpc) is 2.39. The van der Waals surface area contributed by atoms with Gasteiger partial charge in [0.15, 0.2) is 0 Å². The van der Waals surface area contributed by atoms with Crippen molar-refractivity contribution >= 4 is 23.4 Å². The Kier molecular flexibility index (Phi) is 6.64. The first-order valence-electron chi connectivity index (χ1n) is 6.73. The van der Waals surface area contributed by atoms with Gasteiger partial charge in [0.1, 0.15) is 5.82 Å². The first-order valence-corrected chi connectivity index (χ1v) is 7.11. The maximum absolute atomic E-state index is 11.1. The first-order chi connectivity index (χ1) is 9.10. The smallest absolute Gasteiger partial charge is 0.337 e. The van der Waals surface area contributed by atoms with Crippen molar-refractivity contribution in [1.82, 2.24) is 4.98 Å². The molecule has 0 aliphatic carbocycles. The zero-order valence-electron chi connectivity index (χ0n) is 11.5. The molecule has 106 valence electrons. The Morgan fingerprint density at radius 3 is 2.37 bits per heavy atom. The molecule has 0 aliphatic rings. The van der Waals surface area contributed by atoms with E-state index in [9.17, 15) is 4.79 Å². The Morgan fingerprint density at radius 1 is 1.32 bits per heavy atom. The number of anilines is 1. The van der Waals surface area contributed by atoms with E-state index in [1.54, 1.807) is 6.07 Å². The molecule has 0 saturated carbocycles. The van der Waals surface area contributed by atoms with Gasteiger partial charge in [-0.3, -0.25) is 0 Å². The predicted molar refractivity (Wildman–Crippen MR) is 78.2 cm³/mol. The number of unbranched alkanes of at least 4 members (excludes halogenated alkanes) is 2. The van der Waals surface area contributed by atoms with Crippen LogP contribution in [0.3, 0.4) is 0 Å². The van der Waals surface area contributed by atoms with Gasteiger partial charge in [-0.05, 0) is 18.9 Å². The second-order valence-corrected chi connectivity index (χ2v) is 4.93. The molecule has 1 aromatic rings. The first kappa shape index (κ1) is 15.8. The summed E-state index contributed by atoms with van der Waals surface area (Å²) in [6.45, 7) is 6.06. The summed E-state index contributed by atoms with van der Waals surface area (Å²) < 4.78 is 0. The monoisotopic (exact) mass is 284 g/mol. The van der Waals surface area contributed by atoms with Gasteiger partial charge in [0, 0.05) is 19.3 Å². The molecule has 0 radical (unpaired) electrons. The number of hydrogen-bond donors (Lipinski definition) is 1. The maximum Gasteiger partial charge on any atom is 0.337 e. The van der Waals surface area contributed by atoms with E-state index in [1.807, 2.05) is 0 Å². The van der Waals surface area contributed by atoms with Gasteiger partial charge in [0.2, 0.25) is 0 Å². The fourth-order valence-corrected chi connectivity index (χ4v) is 1.99. The van der Waals surface area contributed by atoms with E-state index < -0.39 is 5.97 Å². The number of carboxylic acids is 1. The molecule has 1 heterocycles. The van der Waals surface area contributed by atoms with E-state index in [-0.39, 0.29) is 10.6 Å². The molecule has 0 unspecified atom stereocenters. The summed E-state index contributed by atoms with van der Waals surface area (Å²) in [5.74, 6) is -0.316. The Labute approximate surface area is 119 Å². The van der Waals surface area contributed by atoms with Crippen LogP contribution in [0.4, 0.5) is 5.82 Å². The molecule has 0 saturated heterocycles. The Hall–Kier alpha value is -1.29. The second kappa shape index (κ2) is 8.00. The summed E-state index contributed by atoms with van der Waals surface area (Å²) in [6, 6.07) is 1.57. The number of aromatic carboxylic acids is 1. The van der Waals surface area contributed by atoms with Crippen LogP contribution < -0.4 is 4.90 Å². The number of halogens is 1. The van der Waals surface area contributed by atoms with E-state index >= 15 is 0 Å². The lowest BCUT2D eigenvalue weighted by atomic mass is 10.2. The lowest BCUT2D eigenvalue weighted by Gasteiger charge is -2.23. The molecule has 5 heteroatoms. The molecule has 1 aromatic heterocycles. The minimum absolute atomic E-state index is 0.115. The molecule has 4 nitrogen and oxygen atoms in total. The van der Waals surface area contributed by atoms with Crippen LogP contribution in [0.5, 0.6) is 0 Å². The average molecular weight is 285 g/mol. The van der Waals surface area contributed by atoms with E-state index in [0.29, 0.717) is 5.82 Å². The second-order valence-electron chi connectivity index (χ2n) is 4.52. The van der Waals surface area contributed by atoms with E-state index in [1.165, 1.54) is 6.20 Å². The van der Waals surface area contributed by atoms with Crippen LogP contribution in [-0.2, 0) is 0 Å². The van der Waals surface area contributed by atoms with Crippen molar-refractivity contribution in [2.24, 2.45) is 0 Å². The van der Waals surface area contributed by atoms with Crippen molar-refractivity contribution in [1.29, 1.82) is 0 Å². The lowest BCUT2D eigenvalue weighted by Crippen LogP contribution is -2.26. The highest BCUT2D eigenvalue weighted by molar-refractivity contribution is 6.33. The van der Waals surface area contributed by atoms with Gasteiger partial charge in [-0.25, -0.2) is 9.78 Å². The van der Waals surface area contributed by atoms with Gasteiger partial charge in [-0.15, -0.1) is 0 Å². The van der Waals surface area contributed by atoms with Crippen molar-refractivity contribution in [3.8, 4) is 0 Å². The Balaban J connectivity index is 2.93. The predicted octanol–water partition coefficient (Wildman–Crippen LogP) is 3.84. The zero-order valence-corrected chi connectivity index (χ0v) is 12.3. The third-order valence-electron chi connectivity index (χ3n) is 2.96. The van der Waals surface area contributed by atoms with Gasteiger partial charge in [0.25, 0.3) is 0 Å². The van der Waals surface area contributed by atoms with Gasteiger partial charge >= 0.3 is 5.97 Å². The fourth-order valence-electron chi connectivity index (χ4n) is 1.80. The number of pyridine rings is 1. The molecule has 0 bridgehead atoms. The van der Waals surface area contributed by atoms with Crippen LogP contribution in [0.25, 0.3) is 0 Å². The van der Waals surface area contributed by atoms with Crippen molar-refractivity contribution in [3.05, 3.63) is 22.8 Å². The molecule has 1 N–H and O–H groups in total. The Bertz CT molecular complexity index is 416. The Morgan fingerprint density at radius 2 is 1.89 bits per heavy atom. The minimum Gasteiger partial charge on any atom is -0.478 e.